The van der Waals surface area contributed by atoms with Gasteiger partial charge in [0.1, 0.15) is 10.0 Å². The Kier molecular flexibility index (Phi) is 3.17. The van der Waals surface area contributed by atoms with Crippen LogP contribution in [0, 0.1) is 0 Å². The largest absolute Gasteiger partial charge is 0.371 e. The number of thiazole rings is 1. The highest BCUT2D eigenvalue weighted by Crippen LogP contribution is 2.28. The van der Waals surface area contributed by atoms with E-state index in [9.17, 15) is 4.79 Å². The van der Waals surface area contributed by atoms with E-state index in [2.05, 4.69) is 20.5 Å². The zero-order chi connectivity index (χ0) is 12.5. The Balaban J connectivity index is 2.33. The number of halogens is 1. The molecule has 2 heterocycles. The van der Waals surface area contributed by atoms with Crippen molar-refractivity contribution in [3.05, 3.63) is 38.2 Å². The molecule has 0 radical (unpaired) electrons. The van der Waals surface area contributed by atoms with Gasteiger partial charge in [-0.2, -0.15) is 5.10 Å². The van der Waals surface area contributed by atoms with E-state index in [0.29, 0.717) is 5.69 Å². The number of aromatic nitrogens is 3. The molecule has 2 rings (SSSR count). The Morgan fingerprint density at radius 1 is 1.53 bits per heavy atom. The van der Waals surface area contributed by atoms with Crippen molar-refractivity contribution in [1.29, 1.82) is 0 Å². The smallest absolute Gasteiger partial charge is 0.285 e. The fraction of sp³-hybridized carbons (Fsp3) is 0.300. The Bertz CT molecular complexity index is 564. The number of nitrogens with zero attached hydrogens (tertiary/aromatic N) is 2. The maximum absolute atomic E-state index is 11.3. The molecule has 0 fully saturated rings. The predicted molar refractivity (Wildman–Crippen MR) is 68.6 cm³/mol. The summed E-state index contributed by atoms with van der Waals surface area (Å²) in [5.41, 5.74) is -0.324. The average molecular weight is 271 g/mol. The van der Waals surface area contributed by atoms with E-state index in [0.717, 1.165) is 5.01 Å². The molecule has 0 aliphatic carbocycles. The maximum atomic E-state index is 11.3. The molecule has 2 aromatic rings. The van der Waals surface area contributed by atoms with Gasteiger partial charge in [0.2, 0.25) is 0 Å². The molecule has 0 saturated carbocycles. The van der Waals surface area contributed by atoms with E-state index in [-0.39, 0.29) is 5.02 Å². The van der Waals surface area contributed by atoms with Crippen LogP contribution in [0.5, 0.6) is 0 Å². The molecule has 90 valence electrons. The first kappa shape index (κ1) is 12.1. The van der Waals surface area contributed by atoms with Gasteiger partial charge < -0.3 is 5.32 Å². The van der Waals surface area contributed by atoms with Crippen molar-refractivity contribution in [2.24, 2.45) is 0 Å². The minimum atomic E-state index is -0.411. The predicted octanol–water partition coefficient (Wildman–Crippen LogP) is 2.23. The van der Waals surface area contributed by atoms with Gasteiger partial charge in [0, 0.05) is 11.6 Å². The van der Waals surface area contributed by atoms with Crippen LogP contribution in [0.25, 0.3) is 0 Å². The van der Waals surface area contributed by atoms with Gasteiger partial charge in [0.05, 0.1) is 17.4 Å². The van der Waals surface area contributed by atoms with Crippen LogP contribution in [0.2, 0.25) is 5.02 Å². The minimum Gasteiger partial charge on any atom is -0.371 e. The number of H-pyrrole nitrogens is 1. The molecule has 0 unspecified atom stereocenters. The minimum absolute atomic E-state index is 0.102. The summed E-state index contributed by atoms with van der Waals surface area (Å²) < 4.78 is 0. The fourth-order valence-electron chi connectivity index (χ4n) is 1.39. The highest BCUT2D eigenvalue weighted by atomic mass is 35.5. The summed E-state index contributed by atoms with van der Waals surface area (Å²) in [4.78, 5) is 15.6. The zero-order valence-corrected chi connectivity index (χ0v) is 10.9. The summed E-state index contributed by atoms with van der Waals surface area (Å²) in [5, 5.41) is 12.1. The fourth-order valence-corrected chi connectivity index (χ4v) is 2.25. The summed E-state index contributed by atoms with van der Waals surface area (Å²) in [6.45, 7) is 3.92. The van der Waals surface area contributed by atoms with E-state index in [1.807, 2.05) is 19.2 Å². The van der Waals surface area contributed by atoms with E-state index < -0.39 is 11.1 Å². The van der Waals surface area contributed by atoms with Crippen molar-refractivity contribution < 1.29 is 0 Å². The molecular formula is C10H11ClN4OS. The lowest BCUT2D eigenvalue weighted by molar-refractivity contribution is 0.603. The van der Waals surface area contributed by atoms with E-state index in [1.165, 1.54) is 17.5 Å². The second-order valence-corrected chi connectivity index (χ2v) is 5.29. The van der Waals surface area contributed by atoms with Crippen molar-refractivity contribution >= 4 is 28.6 Å². The molecule has 17 heavy (non-hydrogen) atoms. The highest BCUT2D eigenvalue weighted by molar-refractivity contribution is 7.09. The summed E-state index contributed by atoms with van der Waals surface area (Å²) in [7, 11) is 0. The Hall–Kier alpha value is -1.40. The van der Waals surface area contributed by atoms with E-state index in [1.54, 1.807) is 6.20 Å². The molecule has 0 saturated heterocycles. The van der Waals surface area contributed by atoms with E-state index in [4.69, 9.17) is 11.6 Å². The van der Waals surface area contributed by atoms with Crippen LogP contribution < -0.4 is 10.9 Å². The molecule has 0 aliphatic rings. The number of hydrogen-bond donors (Lipinski definition) is 2. The van der Waals surface area contributed by atoms with Crippen LogP contribution in [0.1, 0.15) is 18.9 Å². The van der Waals surface area contributed by atoms with Gasteiger partial charge in [-0.25, -0.2) is 10.1 Å². The zero-order valence-electron chi connectivity index (χ0n) is 9.32. The number of rotatable bonds is 3. The lowest BCUT2D eigenvalue weighted by Gasteiger charge is -2.25. The van der Waals surface area contributed by atoms with Gasteiger partial charge in [0.25, 0.3) is 5.56 Å². The van der Waals surface area contributed by atoms with Crippen LogP contribution in [0.15, 0.2) is 22.6 Å². The standard InChI is InChI=1S/C10H11ClN4OS/c1-10(2,9-12-3-4-17-9)14-6-5-13-15-8(16)7(6)11/h3-5H,1-2H3,(H2,14,15,16). The number of hydrogen-bond acceptors (Lipinski definition) is 5. The molecule has 0 amide bonds. The van der Waals surface area contributed by atoms with Gasteiger partial charge in [-0.15, -0.1) is 11.3 Å². The van der Waals surface area contributed by atoms with Gasteiger partial charge in [-0.3, -0.25) is 4.79 Å². The van der Waals surface area contributed by atoms with Gasteiger partial charge in [-0.05, 0) is 13.8 Å². The first-order chi connectivity index (χ1) is 8.00. The number of nitrogens with one attached hydrogen (secondary N) is 2. The average Bonchev–Trinajstić information content (AvgIpc) is 2.78. The Labute approximate surface area is 107 Å². The molecule has 5 nitrogen and oxygen atoms in total. The molecule has 2 aromatic heterocycles. The first-order valence-electron chi connectivity index (χ1n) is 4.92. The third-order valence-corrected chi connectivity index (χ3v) is 3.68. The number of aromatic amines is 1. The lowest BCUT2D eigenvalue weighted by Crippen LogP contribution is -2.29. The van der Waals surface area contributed by atoms with Gasteiger partial charge >= 0.3 is 0 Å². The molecule has 7 heteroatoms. The first-order valence-corrected chi connectivity index (χ1v) is 6.18. The van der Waals surface area contributed by atoms with Gasteiger partial charge in [0.15, 0.2) is 0 Å². The van der Waals surface area contributed by atoms with Crippen molar-refractivity contribution in [2.45, 2.75) is 19.4 Å². The van der Waals surface area contributed by atoms with Crippen molar-refractivity contribution in [1.82, 2.24) is 15.2 Å². The summed E-state index contributed by atoms with van der Waals surface area (Å²) in [5.74, 6) is 0. The molecule has 0 aliphatic heterocycles. The van der Waals surface area contributed by atoms with Crippen LogP contribution in [-0.4, -0.2) is 15.2 Å². The van der Waals surface area contributed by atoms with Crippen LogP contribution >= 0.6 is 22.9 Å². The number of anilines is 1. The second-order valence-electron chi connectivity index (χ2n) is 4.01. The molecular weight excluding hydrogens is 260 g/mol. The SMILES string of the molecule is CC(C)(Nc1cn[nH]c(=O)c1Cl)c1nccs1. The van der Waals surface area contributed by atoms with Crippen LogP contribution in [0.3, 0.4) is 0 Å². The Morgan fingerprint density at radius 2 is 2.29 bits per heavy atom. The Morgan fingerprint density at radius 3 is 2.94 bits per heavy atom. The summed E-state index contributed by atoms with van der Waals surface area (Å²) >= 11 is 7.43. The van der Waals surface area contributed by atoms with Crippen molar-refractivity contribution in [2.75, 3.05) is 5.32 Å². The van der Waals surface area contributed by atoms with Crippen LogP contribution in [0.4, 0.5) is 5.69 Å². The summed E-state index contributed by atoms with van der Waals surface area (Å²) in [6.07, 6.45) is 3.22. The van der Waals surface area contributed by atoms with Gasteiger partial charge in [-0.1, -0.05) is 11.6 Å². The highest BCUT2D eigenvalue weighted by Gasteiger charge is 2.24. The second kappa shape index (κ2) is 4.46. The molecule has 2 N–H and O–H groups in total. The van der Waals surface area contributed by atoms with Crippen molar-refractivity contribution in [3.63, 3.8) is 0 Å². The third-order valence-electron chi connectivity index (χ3n) is 2.21. The molecule has 0 atom stereocenters. The van der Waals surface area contributed by atoms with E-state index >= 15 is 0 Å². The topological polar surface area (TPSA) is 70.7 Å². The quantitative estimate of drug-likeness (QED) is 0.897. The third kappa shape index (κ3) is 2.48. The van der Waals surface area contributed by atoms with Crippen molar-refractivity contribution in [3.8, 4) is 0 Å². The maximum Gasteiger partial charge on any atom is 0.285 e. The normalized spacial score (nSPS) is 11.5. The lowest BCUT2D eigenvalue weighted by atomic mass is 10.1. The monoisotopic (exact) mass is 270 g/mol. The summed E-state index contributed by atoms with van der Waals surface area (Å²) in [6, 6.07) is 0. The molecule has 0 aromatic carbocycles. The van der Waals surface area contributed by atoms with Crippen LogP contribution in [-0.2, 0) is 5.54 Å². The molecule has 0 bridgehead atoms. The molecule has 0 spiro atoms.